The van der Waals surface area contributed by atoms with Gasteiger partial charge in [-0.15, -0.1) is 0 Å². The average molecular weight is 254 g/mol. The summed E-state index contributed by atoms with van der Waals surface area (Å²) in [6.45, 7) is 8.97. The van der Waals surface area contributed by atoms with Crippen LogP contribution >= 0.6 is 0 Å². The molecule has 1 heterocycles. The van der Waals surface area contributed by atoms with Crippen LogP contribution in [0.25, 0.3) is 0 Å². The Morgan fingerprint density at radius 1 is 1.28 bits per heavy atom. The van der Waals surface area contributed by atoms with E-state index in [2.05, 4.69) is 31.4 Å². The number of carbonyl (C=O) groups is 1. The highest BCUT2D eigenvalue weighted by molar-refractivity contribution is 5.73. The van der Waals surface area contributed by atoms with Crippen molar-refractivity contribution < 1.29 is 9.53 Å². The molecule has 0 spiro atoms. The Hall–Kier alpha value is -0.770. The summed E-state index contributed by atoms with van der Waals surface area (Å²) in [5.41, 5.74) is 0. The molecule has 4 heteroatoms. The predicted molar refractivity (Wildman–Crippen MR) is 71.4 cm³/mol. The Kier molecular flexibility index (Phi) is 4.49. The lowest BCUT2D eigenvalue weighted by Crippen LogP contribution is -2.41. The second kappa shape index (κ2) is 5.91. The molecule has 1 aliphatic heterocycles. The first-order chi connectivity index (χ1) is 8.58. The van der Waals surface area contributed by atoms with Gasteiger partial charge in [-0.2, -0.15) is 0 Å². The standard InChI is InChI=1S/C14H26N2O2/c1-9(2)13-11(4-5-18-13)7-15-14(17)16-8-12-6-10(12)3/h9-13H,4-8H2,1-3H3,(H2,15,16,17)/t10-,11+,12-,13+/m0/s1. The van der Waals surface area contributed by atoms with Gasteiger partial charge < -0.3 is 15.4 Å². The van der Waals surface area contributed by atoms with E-state index in [1.165, 1.54) is 6.42 Å². The third-order valence-electron chi connectivity index (χ3n) is 4.25. The van der Waals surface area contributed by atoms with Crippen molar-refractivity contribution in [2.24, 2.45) is 23.7 Å². The third-order valence-corrected chi connectivity index (χ3v) is 4.25. The quantitative estimate of drug-likeness (QED) is 0.788. The molecule has 0 aromatic rings. The van der Waals surface area contributed by atoms with Gasteiger partial charge in [-0.3, -0.25) is 0 Å². The Morgan fingerprint density at radius 3 is 2.44 bits per heavy atom. The van der Waals surface area contributed by atoms with Gasteiger partial charge in [-0.1, -0.05) is 20.8 Å². The summed E-state index contributed by atoms with van der Waals surface area (Å²) in [6.07, 6.45) is 2.61. The number of amides is 2. The van der Waals surface area contributed by atoms with E-state index in [0.29, 0.717) is 23.9 Å². The largest absolute Gasteiger partial charge is 0.378 e. The van der Waals surface area contributed by atoms with E-state index in [0.717, 1.165) is 32.0 Å². The van der Waals surface area contributed by atoms with Crippen molar-refractivity contribution in [1.82, 2.24) is 10.6 Å². The van der Waals surface area contributed by atoms with E-state index in [-0.39, 0.29) is 6.03 Å². The number of hydrogen-bond donors (Lipinski definition) is 2. The van der Waals surface area contributed by atoms with Crippen molar-refractivity contribution in [2.75, 3.05) is 19.7 Å². The molecule has 0 aromatic carbocycles. The van der Waals surface area contributed by atoms with E-state index in [4.69, 9.17) is 4.74 Å². The molecule has 0 aromatic heterocycles. The van der Waals surface area contributed by atoms with Crippen molar-refractivity contribution in [1.29, 1.82) is 0 Å². The molecule has 2 aliphatic rings. The number of urea groups is 1. The molecule has 0 bridgehead atoms. The summed E-state index contributed by atoms with van der Waals surface area (Å²) in [6, 6.07) is -0.0245. The van der Waals surface area contributed by atoms with Crippen molar-refractivity contribution >= 4 is 6.03 Å². The van der Waals surface area contributed by atoms with Gasteiger partial charge in [0.05, 0.1) is 6.10 Å². The Morgan fingerprint density at radius 2 is 1.89 bits per heavy atom. The normalized spacial score (nSPS) is 34.7. The molecule has 104 valence electrons. The van der Waals surface area contributed by atoms with Gasteiger partial charge in [-0.05, 0) is 30.6 Å². The van der Waals surface area contributed by atoms with Crippen LogP contribution in [0.5, 0.6) is 0 Å². The van der Waals surface area contributed by atoms with E-state index in [1.54, 1.807) is 0 Å². The number of nitrogens with one attached hydrogen (secondary N) is 2. The Bertz CT molecular complexity index is 294. The summed E-state index contributed by atoms with van der Waals surface area (Å²) < 4.78 is 5.71. The smallest absolute Gasteiger partial charge is 0.314 e. The van der Waals surface area contributed by atoms with Crippen LogP contribution in [0, 0.1) is 23.7 Å². The highest BCUT2D eigenvalue weighted by Crippen LogP contribution is 2.36. The molecule has 1 saturated carbocycles. The van der Waals surface area contributed by atoms with Gasteiger partial charge in [0.25, 0.3) is 0 Å². The van der Waals surface area contributed by atoms with Crippen LogP contribution in [0.1, 0.15) is 33.6 Å². The van der Waals surface area contributed by atoms with Crippen molar-refractivity contribution in [2.45, 2.75) is 39.7 Å². The van der Waals surface area contributed by atoms with Crippen LogP contribution in [0.3, 0.4) is 0 Å². The second-order valence-corrected chi connectivity index (χ2v) is 6.19. The number of hydrogen-bond acceptors (Lipinski definition) is 2. The third kappa shape index (κ3) is 3.61. The number of ether oxygens (including phenoxy) is 1. The van der Waals surface area contributed by atoms with Crippen LogP contribution in [0.15, 0.2) is 0 Å². The molecular formula is C14H26N2O2. The first-order valence-electron chi connectivity index (χ1n) is 7.21. The molecule has 18 heavy (non-hydrogen) atoms. The Labute approximate surface area is 110 Å². The monoisotopic (exact) mass is 254 g/mol. The minimum atomic E-state index is -0.0245. The second-order valence-electron chi connectivity index (χ2n) is 6.19. The lowest BCUT2D eigenvalue weighted by molar-refractivity contribution is 0.0545. The maximum Gasteiger partial charge on any atom is 0.314 e. The van der Waals surface area contributed by atoms with E-state index < -0.39 is 0 Å². The van der Waals surface area contributed by atoms with Gasteiger partial charge in [0.1, 0.15) is 0 Å². The highest BCUT2D eigenvalue weighted by atomic mass is 16.5. The zero-order chi connectivity index (χ0) is 13.1. The molecule has 4 atom stereocenters. The lowest BCUT2D eigenvalue weighted by atomic mass is 9.93. The number of rotatable bonds is 5. The fourth-order valence-corrected chi connectivity index (χ4v) is 2.80. The summed E-state index contributed by atoms with van der Waals surface area (Å²) in [5, 5.41) is 5.93. The zero-order valence-corrected chi connectivity index (χ0v) is 11.7. The maximum absolute atomic E-state index is 11.7. The maximum atomic E-state index is 11.7. The topological polar surface area (TPSA) is 50.4 Å². The first-order valence-corrected chi connectivity index (χ1v) is 7.21. The van der Waals surface area contributed by atoms with Crippen molar-refractivity contribution in [3.8, 4) is 0 Å². The average Bonchev–Trinajstić information content (AvgIpc) is 2.85. The molecule has 0 radical (unpaired) electrons. The first kappa shape index (κ1) is 13.7. The molecule has 2 amide bonds. The summed E-state index contributed by atoms with van der Waals surface area (Å²) >= 11 is 0. The van der Waals surface area contributed by atoms with E-state index >= 15 is 0 Å². The zero-order valence-electron chi connectivity index (χ0n) is 11.7. The van der Waals surface area contributed by atoms with Crippen LogP contribution < -0.4 is 10.6 Å². The molecule has 1 saturated heterocycles. The van der Waals surface area contributed by atoms with Crippen molar-refractivity contribution in [3.05, 3.63) is 0 Å². The highest BCUT2D eigenvalue weighted by Gasteiger charge is 2.33. The van der Waals surface area contributed by atoms with Crippen LogP contribution in [0.2, 0.25) is 0 Å². The molecule has 1 aliphatic carbocycles. The summed E-state index contributed by atoms with van der Waals surface area (Å²) in [4.78, 5) is 11.7. The minimum absolute atomic E-state index is 0.0245. The van der Waals surface area contributed by atoms with Crippen LogP contribution in [-0.4, -0.2) is 31.8 Å². The van der Waals surface area contributed by atoms with Gasteiger partial charge in [0.2, 0.25) is 0 Å². The van der Waals surface area contributed by atoms with Crippen molar-refractivity contribution in [3.63, 3.8) is 0 Å². The minimum Gasteiger partial charge on any atom is -0.378 e. The fourth-order valence-electron chi connectivity index (χ4n) is 2.80. The Balaban J connectivity index is 1.62. The number of carbonyl (C=O) groups excluding carboxylic acids is 1. The van der Waals surface area contributed by atoms with Gasteiger partial charge in [-0.25, -0.2) is 4.79 Å². The van der Waals surface area contributed by atoms with E-state index in [1.807, 2.05) is 0 Å². The molecule has 0 unspecified atom stereocenters. The van der Waals surface area contributed by atoms with Gasteiger partial charge >= 0.3 is 6.03 Å². The predicted octanol–water partition coefficient (Wildman–Crippen LogP) is 2.00. The summed E-state index contributed by atoms with van der Waals surface area (Å²) in [7, 11) is 0. The van der Waals surface area contributed by atoms with Crippen LogP contribution in [0.4, 0.5) is 4.79 Å². The molecule has 2 N–H and O–H groups in total. The van der Waals surface area contributed by atoms with Gasteiger partial charge in [0, 0.05) is 25.6 Å². The molecule has 2 rings (SSSR count). The van der Waals surface area contributed by atoms with E-state index in [9.17, 15) is 4.79 Å². The molecular weight excluding hydrogens is 228 g/mol. The fraction of sp³-hybridized carbons (Fsp3) is 0.929. The summed E-state index contributed by atoms with van der Waals surface area (Å²) in [5.74, 6) is 2.48. The van der Waals surface area contributed by atoms with Gasteiger partial charge in [0.15, 0.2) is 0 Å². The lowest BCUT2D eigenvalue weighted by Gasteiger charge is -2.22. The SMILES string of the molecule is CC(C)[C@H]1OCC[C@@H]1CNC(=O)NC[C@@H]1C[C@@H]1C. The molecule has 4 nitrogen and oxygen atoms in total. The molecule has 2 fully saturated rings. The van der Waals surface area contributed by atoms with Crippen LogP contribution in [-0.2, 0) is 4.74 Å².